The fraction of sp³-hybridized carbons (Fsp3) is 0.458. The van der Waals surface area contributed by atoms with Gasteiger partial charge in [0.05, 0.1) is 11.7 Å². The molecule has 0 N–H and O–H groups in total. The highest BCUT2D eigenvalue weighted by atomic mass is 16.5. The molecule has 266 valence electrons. The van der Waals surface area contributed by atoms with Crippen LogP contribution in [-0.4, -0.2) is 6.04 Å². The van der Waals surface area contributed by atoms with E-state index in [1.54, 1.807) is 0 Å². The van der Waals surface area contributed by atoms with E-state index >= 15 is 0 Å². The van der Waals surface area contributed by atoms with E-state index in [1.165, 1.54) is 44.6 Å². The van der Waals surface area contributed by atoms with Crippen LogP contribution in [0.5, 0.6) is 5.75 Å². The molecule has 0 bridgehead atoms. The summed E-state index contributed by atoms with van der Waals surface area (Å²) in [5, 5.41) is 0. The number of allylic oxidation sites excluding steroid dienone is 1. The number of benzene rings is 4. The van der Waals surface area contributed by atoms with E-state index in [9.17, 15) is 0 Å². The molecule has 2 atom stereocenters. The van der Waals surface area contributed by atoms with E-state index in [0.29, 0.717) is 5.92 Å². The molecule has 1 aliphatic heterocycles. The second-order valence-electron chi connectivity index (χ2n) is 17.1. The van der Waals surface area contributed by atoms with E-state index in [2.05, 4.69) is 179 Å². The number of fused-ring (bicyclic) bond motifs is 1. The Bertz CT molecular complexity index is 1700. The first-order chi connectivity index (χ1) is 23.6. The van der Waals surface area contributed by atoms with Gasteiger partial charge in [-0.2, -0.15) is 0 Å². The van der Waals surface area contributed by atoms with Crippen molar-refractivity contribution in [2.75, 3.05) is 4.90 Å². The average molecular weight is 670 g/mol. The van der Waals surface area contributed by atoms with Crippen molar-refractivity contribution < 1.29 is 4.74 Å². The van der Waals surface area contributed by atoms with Gasteiger partial charge >= 0.3 is 0 Å². The Hall–Kier alpha value is -3.78. The van der Waals surface area contributed by atoms with Gasteiger partial charge in [-0.05, 0) is 123 Å². The first-order valence-electron chi connectivity index (χ1n) is 19.3. The van der Waals surface area contributed by atoms with Crippen LogP contribution in [-0.2, 0) is 16.2 Å². The maximum Gasteiger partial charge on any atom is 0.150 e. The third kappa shape index (κ3) is 7.91. The number of rotatable bonds is 10. The maximum atomic E-state index is 6.95. The van der Waals surface area contributed by atoms with Crippen LogP contribution in [0, 0.1) is 5.92 Å². The van der Waals surface area contributed by atoms with Gasteiger partial charge in [-0.1, -0.05) is 144 Å². The minimum Gasteiger partial charge on any atom is -0.458 e. The van der Waals surface area contributed by atoms with E-state index in [1.807, 2.05) is 0 Å². The molecular formula is C48H63NO. The zero-order valence-corrected chi connectivity index (χ0v) is 33.2. The quantitative estimate of drug-likeness (QED) is 0.167. The normalized spacial score (nSPS) is 16.7. The summed E-state index contributed by atoms with van der Waals surface area (Å²) in [6.45, 7) is 27.6. The van der Waals surface area contributed by atoms with Crippen molar-refractivity contribution in [3.8, 4) is 28.0 Å². The molecule has 2 nitrogen and oxygen atoms in total. The summed E-state index contributed by atoms with van der Waals surface area (Å²) in [5.74, 6) is 2.59. The minimum absolute atomic E-state index is 0.0987. The lowest BCUT2D eigenvalue weighted by molar-refractivity contribution is 0.327. The molecular weight excluding hydrogens is 607 g/mol. The third-order valence-electron chi connectivity index (χ3n) is 11.4. The molecule has 1 heterocycles. The highest BCUT2D eigenvalue weighted by molar-refractivity contribution is 5.83. The number of anilines is 2. The van der Waals surface area contributed by atoms with Gasteiger partial charge in [-0.25, -0.2) is 0 Å². The van der Waals surface area contributed by atoms with Crippen LogP contribution < -0.4 is 9.64 Å². The van der Waals surface area contributed by atoms with Crippen LogP contribution in [0.25, 0.3) is 22.3 Å². The van der Waals surface area contributed by atoms with Gasteiger partial charge in [0.15, 0.2) is 5.75 Å². The van der Waals surface area contributed by atoms with Crippen molar-refractivity contribution in [2.24, 2.45) is 5.92 Å². The van der Waals surface area contributed by atoms with Crippen molar-refractivity contribution in [1.29, 1.82) is 0 Å². The topological polar surface area (TPSA) is 12.5 Å². The summed E-state index contributed by atoms with van der Waals surface area (Å²) in [6.07, 6.45) is 7.58. The number of nitrogens with zero attached hydrogens (tertiary/aromatic N) is 1. The van der Waals surface area contributed by atoms with Crippen molar-refractivity contribution in [2.45, 2.75) is 137 Å². The van der Waals surface area contributed by atoms with Crippen LogP contribution in [0.3, 0.4) is 0 Å². The van der Waals surface area contributed by atoms with Crippen LogP contribution in [0.4, 0.5) is 11.4 Å². The smallest absolute Gasteiger partial charge is 0.150 e. The van der Waals surface area contributed by atoms with Gasteiger partial charge in [0.25, 0.3) is 0 Å². The Balaban J connectivity index is 1.77. The first kappa shape index (κ1) is 37.5. The summed E-state index contributed by atoms with van der Waals surface area (Å²) < 4.78 is 6.95. The maximum absolute atomic E-state index is 6.95. The Labute approximate surface area is 305 Å². The van der Waals surface area contributed by atoms with Gasteiger partial charge in [0.2, 0.25) is 0 Å². The van der Waals surface area contributed by atoms with Crippen LogP contribution in [0.15, 0.2) is 96.8 Å². The average Bonchev–Trinajstić information content (AvgIpc) is 3.10. The summed E-state index contributed by atoms with van der Waals surface area (Å²) in [5.41, 5.74) is 11.7. The largest absolute Gasteiger partial charge is 0.458 e. The summed E-state index contributed by atoms with van der Waals surface area (Å²) in [7, 11) is 0. The van der Waals surface area contributed by atoms with Gasteiger partial charge in [0, 0.05) is 5.69 Å². The molecule has 5 rings (SSSR count). The molecule has 0 spiro atoms. The molecule has 0 fully saturated rings. The van der Waals surface area contributed by atoms with Crippen LogP contribution in [0.1, 0.15) is 132 Å². The zero-order valence-electron chi connectivity index (χ0n) is 33.2. The SMILES string of the molecule is CC/C=C1/Oc2cc(C(C)(CC)CC)ccc2N(c2cc(-c3ccc(C(C)(C)C)cc3)cc(-c3ccc(C(C)(C)C)cc3)c2)C1CC(C)CC. The first-order valence-corrected chi connectivity index (χ1v) is 19.3. The van der Waals surface area contributed by atoms with E-state index in [-0.39, 0.29) is 22.3 Å². The number of hydrogen-bond donors (Lipinski definition) is 0. The zero-order chi connectivity index (χ0) is 36.4. The molecule has 0 aromatic heterocycles. The molecule has 2 heteroatoms. The van der Waals surface area contributed by atoms with E-state index < -0.39 is 0 Å². The van der Waals surface area contributed by atoms with Crippen LogP contribution in [0.2, 0.25) is 0 Å². The van der Waals surface area contributed by atoms with Crippen molar-refractivity contribution >= 4 is 11.4 Å². The molecule has 50 heavy (non-hydrogen) atoms. The predicted octanol–water partition coefficient (Wildman–Crippen LogP) is 14.3. The lowest BCUT2D eigenvalue weighted by Gasteiger charge is -2.42. The molecule has 0 radical (unpaired) electrons. The second kappa shape index (κ2) is 14.8. The molecule has 4 aromatic carbocycles. The van der Waals surface area contributed by atoms with Crippen molar-refractivity contribution in [1.82, 2.24) is 0 Å². The van der Waals surface area contributed by atoms with E-state index in [4.69, 9.17) is 4.74 Å². The predicted molar refractivity (Wildman–Crippen MR) is 218 cm³/mol. The highest BCUT2D eigenvalue weighted by Crippen LogP contribution is 2.48. The van der Waals surface area contributed by atoms with Crippen molar-refractivity contribution in [3.05, 3.63) is 113 Å². The fourth-order valence-corrected chi connectivity index (χ4v) is 7.19. The Kier molecular flexibility index (Phi) is 11.1. The molecule has 4 aromatic rings. The third-order valence-corrected chi connectivity index (χ3v) is 11.4. The molecule has 2 unspecified atom stereocenters. The lowest BCUT2D eigenvalue weighted by atomic mass is 9.77. The summed E-state index contributed by atoms with van der Waals surface area (Å²) in [4.78, 5) is 2.60. The van der Waals surface area contributed by atoms with Crippen LogP contribution >= 0.6 is 0 Å². The Morgan fingerprint density at radius 3 is 1.58 bits per heavy atom. The van der Waals surface area contributed by atoms with Gasteiger partial charge < -0.3 is 9.64 Å². The Morgan fingerprint density at radius 2 is 1.14 bits per heavy atom. The lowest BCUT2D eigenvalue weighted by Crippen LogP contribution is -2.39. The van der Waals surface area contributed by atoms with E-state index in [0.717, 1.165) is 49.3 Å². The molecule has 1 aliphatic rings. The standard InChI is InChI=1S/C48H63NO/c1-13-17-44-43(28-33(5)14-2)49(42-27-26-40(32-45(42)50-44)48(12,15-3)16-4)41-30-36(34-18-22-38(23-19-34)46(6,7)8)29-37(31-41)35-20-24-39(25-21-35)47(9,10)11/h17-27,29-33,43H,13-16,28H2,1-12H3/b44-17+. The molecule has 0 amide bonds. The molecule has 0 saturated heterocycles. The fourth-order valence-electron chi connectivity index (χ4n) is 7.19. The summed E-state index contributed by atoms with van der Waals surface area (Å²) >= 11 is 0. The monoisotopic (exact) mass is 669 g/mol. The van der Waals surface area contributed by atoms with Gasteiger partial charge in [-0.3, -0.25) is 0 Å². The van der Waals surface area contributed by atoms with Gasteiger partial charge in [-0.15, -0.1) is 0 Å². The second-order valence-corrected chi connectivity index (χ2v) is 17.1. The molecule has 0 saturated carbocycles. The minimum atomic E-state index is 0.0987. The summed E-state index contributed by atoms with van der Waals surface area (Å²) in [6, 6.07) is 32.8. The van der Waals surface area contributed by atoms with Crippen molar-refractivity contribution in [3.63, 3.8) is 0 Å². The van der Waals surface area contributed by atoms with Gasteiger partial charge in [0.1, 0.15) is 5.76 Å². The number of ether oxygens (including phenoxy) is 1. The molecule has 0 aliphatic carbocycles. The highest BCUT2D eigenvalue weighted by Gasteiger charge is 2.36. The Morgan fingerprint density at radius 1 is 0.640 bits per heavy atom. The number of hydrogen-bond acceptors (Lipinski definition) is 2.